The Balaban J connectivity index is 1.82. The fourth-order valence-corrected chi connectivity index (χ4v) is 3.46. The first-order valence-corrected chi connectivity index (χ1v) is 8.45. The maximum absolute atomic E-state index is 9.72. The molecule has 1 aliphatic rings. The first-order valence-electron chi connectivity index (χ1n) is 8.07. The van der Waals surface area contributed by atoms with Gasteiger partial charge in [-0.05, 0) is 54.3 Å². The Morgan fingerprint density at radius 3 is 2.50 bits per heavy atom. The molecule has 2 N–H and O–H groups in total. The van der Waals surface area contributed by atoms with E-state index in [4.69, 9.17) is 21.1 Å². The van der Waals surface area contributed by atoms with Crippen molar-refractivity contribution < 1.29 is 14.6 Å². The van der Waals surface area contributed by atoms with Gasteiger partial charge in [-0.15, -0.1) is 0 Å². The molecule has 1 fully saturated rings. The second-order valence-corrected chi connectivity index (χ2v) is 6.53. The minimum atomic E-state index is -0.150. The van der Waals surface area contributed by atoms with E-state index in [2.05, 4.69) is 17.4 Å². The van der Waals surface area contributed by atoms with Crippen LogP contribution < -0.4 is 10.1 Å². The van der Waals surface area contributed by atoms with Gasteiger partial charge in [0.15, 0.2) is 0 Å². The van der Waals surface area contributed by atoms with Crippen LogP contribution in [0, 0.1) is 0 Å². The fourth-order valence-electron chi connectivity index (χ4n) is 3.20. The van der Waals surface area contributed by atoms with Crippen LogP contribution in [0.5, 0.6) is 11.5 Å². The quantitative estimate of drug-likeness (QED) is 0.862. The van der Waals surface area contributed by atoms with Gasteiger partial charge in [0, 0.05) is 30.3 Å². The van der Waals surface area contributed by atoms with E-state index in [-0.39, 0.29) is 11.3 Å². The molecule has 0 atom stereocenters. The molecule has 24 heavy (non-hydrogen) atoms. The van der Waals surface area contributed by atoms with Gasteiger partial charge in [-0.3, -0.25) is 0 Å². The highest BCUT2D eigenvalue weighted by Crippen LogP contribution is 2.34. The molecule has 2 aromatic rings. The number of hydrogen-bond acceptors (Lipinski definition) is 4. The van der Waals surface area contributed by atoms with Crippen LogP contribution in [-0.4, -0.2) is 25.4 Å². The molecule has 0 radical (unpaired) electrons. The van der Waals surface area contributed by atoms with E-state index < -0.39 is 0 Å². The lowest BCUT2D eigenvalue weighted by Gasteiger charge is -2.39. The number of phenolic OH excluding ortho intramolecular Hbond substituents is 1. The molecule has 0 aliphatic carbocycles. The maximum atomic E-state index is 9.72. The largest absolute Gasteiger partial charge is 0.508 e. The van der Waals surface area contributed by atoms with E-state index in [9.17, 15) is 5.11 Å². The molecule has 1 aliphatic heterocycles. The average Bonchev–Trinajstić information content (AvgIpc) is 2.60. The highest BCUT2D eigenvalue weighted by molar-refractivity contribution is 6.30. The number of benzene rings is 2. The van der Waals surface area contributed by atoms with Crippen LogP contribution in [0.25, 0.3) is 0 Å². The lowest BCUT2D eigenvalue weighted by Crippen LogP contribution is -2.46. The van der Waals surface area contributed by atoms with Gasteiger partial charge in [0.05, 0.1) is 7.11 Å². The van der Waals surface area contributed by atoms with Crippen molar-refractivity contribution in [1.82, 2.24) is 5.32 Å². The summed E-state index contributed by atoms with van der Waals surface area (Å²) in [6, 6.07) is 13.3. The van der Waals surface area contributed by atoms with E-state index in [0.29, 0.717) is 11.6 Å². The van der Waals surface area contributed by atoms with Crippen LogP contribution in [0.15, 0.2) is 42.5 Å². The topological polar surface area (TPSA) is 50.7 Å². The van der Waals surface area contributed by atoms with Gasteiger partial charge >= 0.3 is 0 Å². The van der Waals surface area contributed by atoms with Gasteiger partial charge in [-0.25, -0.2) is 0 Å². The molecule has 0 bridgehead atoms. The Kier molecular flexibility index (Phi) is 5.29. The van der Waals surface area contributed by atoms with Crippen molar-refractivity contribution in [3.63, 3.8) is 0 Å². The average molecular weight is 348 g/mol. The van der Waals surface area contributed by atoms with Gasteiger partial charge < -0.3 is 19.9 Å². The van der Waals surface area contributed by atoms with Crippen LogP contribution >= 0.6 is 11.6 Å². The summed E-state index contributed by atoms with van der Waals surface area (Å²) < 4.78 is 10.8. The molecular weight excluding hydrogens is 326 g/mol. The monoisotopic (exact) mass is 347 g/mol. The summed E-state index contributed by atoms with van der Waals surface area (Å²) in [5, 5.41) is 13.9. The predicted octanol–water partition coefficient (Wildman–Crippen LogP) is 3.85. The smallest absolute Gasteiger partial charge is 0.118 e. The van der Waals surface area contributed by atoms with Crippen LogP contribution in [0.3, 0.4) is 0 Å². The number of ether oxygens (including phenoxy) is 2. The first kappa shape index (κ1) is 17.1. The first-order chi connectivity index (χ1) is 11.6. The van der Waals surface area contributed by atoms with E-state index in [1.165, 1.54) is 5.56 Å². The second kappa shape index (κ2) is 7.43. The Morgan fingerprint density at radius 2 is 1.88 bits per heavy atom. The minimum Gasteiger partial charge on any atom is -0.508 e. The van der Waals surface area contributed by atoms with E-state index in [1.54, 1.807) is 19.2 Å². The van der Waals surface area contributed by atoms with Crippen LogP contribution in [0.1, 0.15) is 24.0 Å². The summed E-state index contributed by atoms with van der Waals surface area (Å²) in [6.45, 7) is 2.07. The Hall–Kier alpha value is -1.75. The summed E-state index contributed by atoms with van der Waals surface area (Å²) in [7, 11) is 1.67. The third kappa shape index (κ3) is 3.83. The van der Waals surface area contributed by atoms with Crippen LogP contribution in [0.4, 0.5) is 0 Å². The summed E-state index contributed by atoms with van der Waals surface area (Å²) >= 11 is 6.04. The molecule has 1 heterocycles. The lowest BCUT2D eigenvalue weighted by atomic mass is 9.82. The highest BCUT2D eigenvalue weighted by atomic mass is 35.5. The number of phenols is 1. The normalized spacial score (nSPS) is 16.8. The number of methoxy groups -OCH3 is 1. The van der Waals surface area contributed by atoms with Crippen molar-refractivity contribution in [1.29, 1.82) is 0 Å². The van der Waals surface area contributed by atoms with Gasteiger partial charge in [0.25, 0.3) is 0 Å². The molecule has 1 saturated heterocycles. The van der Waals surface area contributed by atoms with Crippen molar-refractivity contribution in [3.8, 4) is 11.5 Å². The zero-order valence-corrected chi connectivity index (χ0v) is 14.5. The summed E-state index contributed by atoms with van der Waals surface area (Å²) in [5.41, 5.74) is 2.03. The molecule has 3 rings (SSSR count). The minimum absolute atomic E-state index is 0.150. The molecule has 0 spiro atoms. The molecule has 0 aromatic heterocycles. The third-order valence-electron chi connectivity index (χ3n) is 4.56. The zero-order valence-electron chi connectivity index (χ0n) is 13.7. The van der Waals surface area contributed by atoms with Gasteiger partial charge in [0.2, 0.25) is 0 Å². The highest BCUT2D eigenvalue weighted by Gasteiger charge is 2.33. The van der Waals surface area contributed by atoms with Crippen molar-refractivity contribution in [3.05, 3.63) is 58.6 Å². The van der Waals surface area contributed by atoms with Crippen molar-refractivity contribution in [2.24, 2.45) is 0 Å². The fraction of sp³-hybridized carbons (Fsp3) is 0.368. The standard InChI is InChI=1S/C19H22ClNO3/c1-23-18-4-2-15(3-5-18)19(6-8-24-9-7-19)21-13-14-10-16(20)12-17(22)11-14/h2-5,10-12,21-22H,6-9,13H2,1H3. The molecule has 128 valence electrons. The van der Waals surface area contributed by atoms with Crippen LogP contribution in [-0.2, 0) is 16.8 Å². The van der Waals surface area contributed by atoms with Gasteiger partial charge in [-0.2, -0.15) is 0 Å². The van der Waals surface area contributed by atoms with Crippen molar-refractivity contribution in [2.75, 3.05) is 20.3 Å². The summed E-state index contributed by atoms with van der Waals surface area (Å²) in [6.07, 6.45) is 1.79. The molecule has 0 unspecified atom stereocenters. The molecular formula is C19H22ClNO3. The van der Waals surface area contributed by atoms with E-state index >= 15 is 0 Å². The van der Waals surface area contributed by atoms with Gasteiger partial charge in [-0.1, -0.05) is 23.7 Å². The molecule has 0 saturated carbocycles. The number of halogens is 1. The molecule has 0 amide bonds. The number of rotatable bonds is 5. The summed E-state index contributed by atoms with van der Waals surface area (Å²) in [4.78, 5) is 0. The van der Waals surface area contributed by atoms with Gasteiger partial charge in [0.1, 0.15) is 11.5 Å². The molecule has 4 nitrogen and oxygen atoms in total. The van der Waals surface area contributed by atoms with Crippen molar-refractivity contribution >= 4 is 11.6 Å². The Morgan fingerprint density at radius 1 is 1.17 bits per heavy atom. The SMILES string of the molecule is COc1ccc(C2(NCc3cc(O)cc(Cl)c3)CCOCC2)cc1. The molecule has 2 aromatic carbocycles. The van der Waals surface area contributed by atoms with E-state index in [1.807, 2.05) is 18.2 Å². The Labute approximate surface area is 147 Å². The second-order valence-electron chi connectivity index (χ2n) is 6.09. The predicted molar refractivity (Wildman–Crippen MR) is 94.7 cm³/mol. The zero-order chi connectivity index (χ0) is 17.0. The van der Waals surface area contributed by atoms with Crippen molar-refractivity contribution in [2.45, 2.75) is 24.9 Å². The number of nitrogens with one attached hydrogen (secondary N) is 1. The van der Waals surface area contributed by atoms with Crippen LogP contribution in [0.2, 0.25) is 5.02 Å². The lowest BCUT2D eigenvalue weighted by molar-refractivity contribution is 0.0357. The summed E-state index contributed by atoms with van der Waals surface area (Å²) in [5.74, 6) is 1.03. The number of aromatic hydroxyl groups is 1. The molecule has 5 heteroatoms. The third-order valence-corrected chi connectivity index (χ3v) is 4.78. The Bertz CT molecular complexity index is 661. The number of hydrogen-bond donors (Lipinski definition) is 2. The maximum Gasteiger partial charge on any atom is 0.118 e. The van der Waals surface area contributed by atoms with E-state index in [0.717, 1.165) is 37.4 Å².